The fourth-order valence-electron chi connectivity index (χ4n) is 2.38. The highest BCUT2D eigenvalue weighted by atomic mass is 32.2. The van der Waals surface area contributed by atoms with Gasteiger partial charge in [-0.2, -0.15) is 13.2 Å². The van der Waals surface area contributed by atoms with Crippen molar-refractivity contribution in [2.24, 2.45) is 7.05 Å². The molecule has 0 unspecified atom stereocenters. The lowest BCUT2D eigenvalue weighted by molar-refractivity contribution is -0.138. The minimum Gasteiger partial charge on any atom is -0.305 e. The molecule has 0 aliphatic heterocycles. The quantitative estimate of drug-likeness (QED) is 0.484. The molecule has 8 heteroatoms. The lowest BCUT2D eigenvalue weighted by atomic mass is 10.1. The maximum absolute atomic E-state index is 13.9. The van der Waals surface area contributed by atoms with Gasteiger partial charge in [-0.05, 0) is 23.8 Å². The normalized spacial score (nSPS) is 11.7. The van der Waals surface area contributed by atoms with Crippen LogP contribution in [-0.2, 0) is 19.0 Å². The lowest BCUT2D eigenvalue weighted by Crippen LogP contribution is -2.08. The van der Waals surface area contributed by atoms with Crippen LogP contribution < -0.4 is 0 Å². The minimum atomic E-state index is -4.41. The Labute approximate surface area is 145 Å². The zero-order valence-corrected chi connectivity index (χ0v) is 13.9. The molecule has 130 valence electrons. The molecule has 1 heterocycles. The van der Waals surface area contributed by atoms with Crippen LogP contribution in [0.1, 0.15) is 11.1 Å². The largest absolute Gasteiger partial charge is 0.416 e. The highest BCUT2D eigenvalue weighted by Gasteiger charge is 2.32. The van der Waals surface area contributed by atoms with Gasteiger partial charge in [-0.1, -0.05) is 42.1 Å². The van der Waals surface area contributed by atoms with Crippen molar-refractivity contribution in [2.75, 3.05) is 0 Å². The predicted molar refractivity (Wildman–Crippen MR) is 87.4 cm³/mol. The van der Waals surface area contributed by atoms with E-state index in [1.165, 1.54) is 18.2 Å². The maximum atomic E-state index is 13.9. The molecule has 0 aliphatic rings. The third-order valence-corrected chi connectivity index (χ3v) is 4.70. The topological polar surface area (TPSA) is 30.7 Å². The number of benzene rings is 2. The van der Waals surface area contributed by atoms with E-state index in [1.54, 1.807) is 35.9 Å². The fraction of sp³-hybridized carbons (Fsp3) is 0.176. The summed E-state index contributed by atoms with van der Waals surface area (Å²) < 4.78 is 54.6. The molecule has 0 amide bonds. The molecule has 0 aliphatic carbocycles. The first kappa shape index (κ1) is 17.5. The molecular formula is C17H13F4N3S. The van der Waals surface area contributed by atoms with E-state index in [0.717, 1.165) is 17.8 Å². The van der Waals surface area contributed by atoms with E-state index in [-0.39, 0.29) is 11.3 Å². The van der Waals surface area contributed by atoms with E-state index in [9.17, 15) is 17.6 Å². The van der Waals surface area contributed by atoms with Crippen molar-refractivity contribution in [3.63, 3.8) is 0 Å². The van der Waals surface area contributed by atoms with Gasteiger partial charge in [-0.15, -0.1) is 10.2 Å². The van der Waals surface area contributed by atoms with Crippen molar-refractivity contribution in [1.82, 2.24) is 14.8 Å². The zero-order valence-electron chi connectivity index (χ0n) is 13.1. The summed E-state index contributed by atoms with van der Waals surface area (Å²) in [7, 11) is 1.65. The molecule has 0 atom stereocenters. The Morgan fingerprint density at radius 1 is 1.00 bits per heavy atom. The van der Waals surface area contributed by atoms with Crippen LogP contribution in [0.3, 0.4) is 0 Å². The number of hydrogen-bond donors (Lipinski definition) is 0. The Morgan fingerprint density at radius 3 is 2.40 bits per heavy atom. The van der Waals surface area contributed by atoms with Gasteiger partial charge in [0, 0.05) is 12.8 Å². The average molecular weight is 367 g/mol. The molecule has 3 rings (SSSR count). The molecule has 3 nitrogen and oxygen atoms in total. The Morgan fingerprint density at radius 2 is 1.68 bits per heavy atom. The summed E-state index contributed by atoms with van der Waals surface area (Å²) in [5.41, 5.74) is -0.213. The molecule has 0 fully saturated rings. The Bertz CT molecular complexity index is 890. The van der Waals surface area contributed by atoms with Crippen LogP contribution in [0.2, 0.25) is 0 Å². The Balaban J connectivity index is 1.84. The lowest BCUT2D eigenvalue weighted by Gasteiger charge is -2.12. The smallest absolute Gasteiger partial charge is 0.305 e. The van der Waals surface area contributed by atoms with Crippen LogP contribution in [0.5, 0.6) is 0 Å². The zero-order chi connectivity index (χ0) is 18.0. The average Bonchev–Trinajstić information content (AvgIpc) is 2.93. The molecule has 0 spiro atoms. The number of halogens is 4. The minimum absolute atomic E-state index is 0.0823. The van der Waals surface area contributed by atoms with E-state index in [2.05, 4.69) is 10.2 Å². The Kier molecular flexibility index (Phi) is 4.80. The van der Waals surface area contributed by atoms with Gasteiger partial charge in [-0.3, -0.25) is 0 Å². The molecule has 3 aromatic rings. The molecule has 1 aromatic heterocycles. The third kappa shape index (κ3) is 3.68. The number of nitrogens with zero attached hydrogens (tertiary/aromatic N) is 3. The molecule has 2 aromatic carbocycles. The van der Waals surface area contributed by atoms with Gasteiger partial charge in [-0.25, -0.2) is 4.39 Å². The second-order valence-electron chi connectivity index (χ2n) is 5.29. The van der Waals surface area contributed by atoms with E-state index in [4.69, 9.17) is 0 Å². The monoisotopic (exact) mass is 367 g/mol. The van der Waals surface area contributed by atoms with Crippen molar-refractivity contribution in [3.8, 4) is 11.4 Å². The number of hydrogen-bond acceptors (Lipinski definition) is 3. The van der Waals surface area contributed by atoms with Gasteiger partial charge < -0.3 is 4.57 Å². The summed E-state index contributed by atoms with van der Waals surface area (Å²) in [4.78, 5) is 0. The van der Waals surface area contributed by atoms with Gasteiger partial charge in [0.2, 0.25) is 0 Å². The number of rotatable bonds is 4. The van der Waals surface area contributed by atoms with E-state index in [1.807, 2.05) is 0 Å². The number of alkyl halides is 3. The van der Waals surface area contributed by atoms with Crippen molar-refractivity contribution in [2.45, 2.75) is 17.1 Å². The highest BCUT2D eigenvalue weighted by molar-refractivity contribution is 7.98. The SMILES string of the molecule is Cn1c(SCc2ccccc2C(F)(F)F)nnc1-c1ccccc1F. The molecule has 0 N–H and O–H groups in total. The molecule has 0 saturated heterocycles. The van der Waals surface area contributed by atoms with Gasteiger partial charge in [0.05, 0.1) is 11.1 Å². The first-order valence-corrected chi connectivity index (χ1v) is 8.28. The van der Waals surface area contributed by atoms with E-state index >= 15 is 0 Å². The molecule has 0 radical (unpaired) electrons. The second kappa shape index (κ2) is 6.87. The van der Waals surface area contributed by atoms with Crippen LogP contribution >= 0.6 is 11.8 Å². The van der Waals surface area contributed by atoms with Gasteiger partial charge in [0.15, 0.2) is 11.0 Å². The standard InChI is InChI=1S/C17H13F4N3S/c1-24-15(12-7-3-5-9-14(12)18)22-23-16(24)25-10-11-6-2-4-8-13(11)17(19,20)21/h2-9H,10H2,1H3. The summed E-state index contributed by atoms with van der Waals surface area (Å²) in [6.07, 6.45) is -4.41. The number of thioether (sulfide) groups is 1. The fourth-order valence-corrected chi connectivity index (χ4v) is 3.30. The molecule has 0 saturated carbocycles. The first-order valence-electron chi connectivity index (χ1n) is 7.30. The summed E-state index contributed by atoms with van der Waals surface area (Å²) >= 11 is 1.12. The molecule has 25 heavy (non-hydrogen) atoms. The van der Waals surface area contributed by atoms with Crippen molar-refractivity contribution >= 4 is 11.8 Å². The predicted octanol–water partition coefficient (Wildman–Crippen LogP) is 4.93. The summed E-state index contributed by atoms with van der Waals surface area (Å²) in [5, 5.41) is 8.34. The maximum Gasteiger partial charge on any atom is 0.416 e. The van der Waals surface area contributed by atoms with Crippen LogP contribution in [0.15, 0.2) is 53.7 Å². The van der Waals surface area contributed by atoms with Gasteiger partial charge in [0.1, 0.15) is 5.82 Å². The first-order chi connectivity index (χ1) is 11.9. The summed E-state index contributed by atoms with van der Waals surface area (Å²) in [6.45, 7) is 0. The molecular weight excluding hydrogens is 354 g/mol. The number of aromatic nitrogens is 3. The molecule has 0 bridgehead atoms. The van der Waals surface area contributed by atoms with Crippen LogP contribution in [0.4, 0.5) is 17.6 Å². The van der Waals surface area contributed by atoms with Crippen molar-refractivity contribution < 1.29 is 17.6 Å². The third-order valence-electron chi connectivity index (χ3n) is 3.63. The summed E-state index contributed by atoms with van der Waals surface area (Å²) in [6, 6.07) is 11.5. The van der Waals surface area contributed by atoms with E-state index in [0.29, 0.717) is 16.5 Å². The van der Waals surface area contributed by atoms with Gasteiger partial charge >= 0.3 is 6.18 Å². The Hall–Kier alpha value is -2.35. The van der Waals surface area contributed by atoms with Crippen LogP contribution in [0.25, 0.3) is 11.4 Å². The van der Waals surface area contributed by atoms with Crippen LogP contribution in [-0.4, -0.2) is 14.8 Å². The van der Waals surface area contributed by atoms with Crippen molar-refractivity contribution in [1.29, 1.82) is 0 Å². The van der Waals surface area contributed by atoms with Crippen LogP contribution in [0, 0.1) is 5.82 Å². The summed E-state index contributed by atoms with van der Waals surface area (Å²) in [5.74, 6) is -0.0273. The van der Waals surface area contributed by atoms with Gasteiger partial charge in [0.25, 0.3) is 0 Å². The second-order valence-corrected chi connectivity index (χ2v) is 6.23. The van der Waals surface area contributed by atoms with Crippen molar-refractivity contribution in [3.05, 3.63) is 65.5 Å². The highest BCUT2D eigenvalue weighted by Crippen LogP contribution is 2.35. The van der Waals surface area contributed by atoms with E-state index < -0.39 is 17.6 Å².